The Morgan fingerprint density at radius 1 is 1.67 bits per heavy atom. The summed E-state index contributed by atoms with van der Waals surface area (Å²) >= 11 is 0. The van der Waals surface area contributed by atoms with E-state index in [0.717, 1.165) is 11.3 Å². The average molecular weight is 205 g/mol. The van der Waals surface area contributed by atoms with Crippen molar-refractivity contribution in [2.24, 2.45) is 5.10 Å². The Labute approximate surface area is 89.4 Å². The highest BCUT2D eigenvalue weighted by Gasteiger charge is 2.01. The molecule has 0 bridgehead atoms. The molecule has 0 fully saturated rings. The first kappa shape index (κ1) is 11.4. The third-order valence-corrected chi connectivity index (χ3v) is 1.74. The van der Waals surface area contributed by atoms with Crippen molar-refractivity contribution in [1.29, 1.82) is 0 Å². The maximum absolute atomic E-state index is 9.06. The molecule has 0 radical (unpaired) electrons. The summed E-state index contributed by atoms with van der Waals surface area (Å²) in [4.78, 5) is 3.93. The van der Waals surface area contributed by atoms with Crippen LogP contribution in [-0.2, 0) is 0 Å². The van der Waals surface area contributed by atoms with Crippen molar-refractivity contribution in [1.82, 2.24) is 10.4 Å². The van der Waals surface area contributed by atoms with Crippen molar-refractivity contribution < 1.29 is 5.11 Å². The predicted octanol–water partition coefficient (Wildman–Crippen LogP) is 1.29. The predicted molar refractivity (Wildman–Crippen MR) is 60.4 cm³/mol. The summed E-state index contributed by atoms with van der Waals surface area (Å²) in [5, 5.41) is 13.2. The summed E-state index contributed by atoms with van der Waals surface area (Å²) in [7, 11) is 0. The first-order valence-corrected chi connectivity index (χ1v) is 4.75. The van der Waals surface area contributed by atoms with Gasteiger partial charge in [-0.2, -0.15) is 5.10 Å². The Morgan fingerprint density at radius 3 is 2.87 bits per heavy atom. The second-order valence-corrected chi connectivity index (χ2v) is 3.09. The van der Waals surface area contributed by atoms with Crippen LogP contribution in [-0.4, -0.2) is 22.0 Å². The minimum atomic E-state index is -0.661. The molecule has 0 saturated heterocycles. The minimum absolute atomic E-state index is 0.643. The molecule has 0 aliphatic carbocycles. The average Bonchev–Trinajstić information content (AvgIpc) is 2.25. The molecule has 0 aromatic carbocycles. The lowest BCUT2D eigenvalue weighted by Crippen LogP contribution is -2.21. The maximum Gasteiger partial charge on any atom is 0.136 e. The molecule has 1 unspecified atom stereocenters. The number of aliphatic hydroxyl groups excluding tert-OH is 1. The third-order valence-electron chi connectivity index (χ3n) is 1.74. The van der Waals surface area contributed by atoms with E-state index < -0.39 is 6.23 Å². The fourth-order valence-electron chi connectivity index (χ4n) is 1.08. The number of aliphatic hydroxyl groups is 1. The lowest BCUT2D eigenvalue weighted by atomic mass is 10.1. The summed E-state index contributed by atoms with van der Waals surface area (Å²) in [6, 6.07) is 3.73. The van der Waals surface area contributed by atoms with E-state index in [1.807, 2.05) is 12.1 Å². The van der Waals surface area contributed by atoms with Gasteiger partial charge in [0.2, 0.25) is 0 Å². The molecule has 1 aromatic rings. The first-order valence-electron chi connectivity index (χ1n) is 4.75. The van der Waals surface area contributed by atoms with Crippen LogP contribution in [0, 0.1) is 0 Å². The fraction of sp³-hybridized carbons (Fsp3) is 0.273. The van der Waals surface area contributed by atoms with Crippen LogP contribution >= 0.6 is 0 Å². The molecule has 80 valence electrons. The second-order valence-electron chi connectivity index (χ2n) is 3.09. The zero-order valence-electron chi connectivity index (χ0n) is 8.72. The number of pyridine rings is 1. The largest absolute Gasteiger partial charge is 0.373 e. The van der Waals surface area contributed by atoms with Crippen LogP contribution in [0.5, 0.6) is 0 Å². The molecular weight excluding hydrogens is 190 g/mol. The van der Waals surface area contributed by atoms with Crippen molar-refractivity contribution in [3.63, 3.8) is 0 Å². The number of nitrogens with one attached hydrogen (secondary N) is 1. The summed E-state index contributed by atoms with van der Waals surface area (Å²) in [5.74, 6) is 0. The number of hydrogen-bond donors (Lipinski definition) is 2. The van der Waals surface area contributed by atoms with Gasteiger partial charge < -0.3 is 5.11 Å². The molecule has 2 N–H and O–H groups in total. The zero-order chi connectivity index (χ0) is 11.1. The number of hydrogen-bond acceptors (Lipinski definition) is 4. The second kappa shape index (κ2) is 5.93. The lowest BCUT2D eigenvalue weighted by molar-refractivity contribution is 0.159. The molecule has 1 atom stereocenters. The van der Waals surface area contributed by atoms with Crippen LogP contribution in [0.3, 0.4) is 0 Å². The first-order chi connectivity index (χ1) is 7.24. The van der Waals surface area contributed by atoms with Crippen molar-refractivity contribution in [2.75, 3.05) is 0 Å². The van der Waals surface area contributed by atoms with Gasteiger partial charge in [0.15, 0.2) is 0 Å². The number of aromatic nitrogens is 1. The Morgan fingerprint density at radius 2 is 2.33 bits per heavy atom. The van der Waals surface area contributed by atoms with E-state index in [1.54, 1.807) is 25.4 Å². The number of rotatable bonds is 5. The number of nitrogens with zero attached hydrogens (tertiary/aromatic N) is 2. The van der Waals surface area contributed by atoms with Gasteiger partial charge >= 0.3 is 0 Å². The SMILES string of the molecule is C=CC/C(=N\NC(C)O)c1ccncc1. The summed E-state index contributed by atoms with van der Waals surface area (Å²) in [5.41, 5.74) is 4.40. The number of allylic oxidation sites excluding steroid dienone is 1. The van der Waals surface area contributed by atoms with E-state index in [2.05, 4.69) is 22.1 Å². The van der Waals surface area contributed by atoms with Gasteiger partial charge in [-0.1, -0.05) is 6.08 Å². The highest BCUT2D eigenvalue weighted by molar-refractivity contribution is 6.01. The molecular formula is C11H15N3O. The molecule has 0 saturated carbocycles. The molecule has 15 heavy (non-hydrogen) atoms. The van der Waals surface area contributed by atoms with E-state index in [-0.39, 0.29) is 0 Å². The van der Waals surface area contributed by atoms with E-state index in [9.17, 15) is 0 Å². The van der Waals surface area contributed by atoms with Crippen molar-refractivity contribution in [2.45, 2.75) is 19.6 Å². The molecule has 0 aliphatic rings. The van der Waals surface area contributed by atoms with Gasteiger partial charge in [-0.05, 0) is 19.1 Å². The Balaban J connectivity index is 2.83. The van der Waals surface area contributed by atoms with Gasteiger partial charge in [0.05, 0.1) is 5.71 Å². The quantitative estimate of drug-likeness (QED) is 0.329. The monoisotopic (exact) mass is 205 g/mol. The summed E-state index contributed by atoms with van der Waals surface area (Å²) in [6.07, 6.45) is 5.16. The molecule has 0 spiro atoms. The number of hydrazone groups is 1. The van der Waals surface area contributed by atoms with E-state index in [1.165, 1.54) is 0 Å². The van der Waals surface area contributed by atoms with Crippen molar-refractivity contribution >= 4 is 5.71 Å². The molecule has 1 heterocycles. The van der Waals surface area contributed by atoms with Gasteiger partial charge in [-0.25, -0.2) is 0 Å². The maximum atomic E-state index is 9.06. The van der Waals surface area contributed by atoms with Crippen LogP contribution in [0.25, 0.3) is 0 Å². The molecule has 0 amide bonds. The Hall–Kier alpha value is -1.68. The van der Waals surface area contributed by atoms with Crippen LogP contribution in [0.15, 0.2) is 42.3 Å². The summed E-state index contributed by atoms with van der Waals surface area (Å²) < 4.78 is 0. The third kappa shape index (κ3) is 3.91. The van der Waals surface area contributed by atoms with Crippen LogP contribution in [0.2, 0.25) is 0 Å². The van der Waals surface area contributed by atoms with Crippen molar-refractivity contribution in [3.05, 3.63) is 42.7 Å². The standard InChI is InChI=1S/C11H15N3O/c1-3-4-11(14-13-9(2)15)10-5-7-12-8-6-10/h3,5-9,13,15H,1,4H2,2H3/b14-11+. The van der Waals surface area contributed by atoms with Gasteiger partial charge in [0, 0.05) is 24.4 Å². The smallest absolute Gasteiger partial charge is 0.136 e. The minimum Gasteiger partial charge on any atom is -0.373 e. The topological polar surface area (TPSA) is 57.5 Å². The van der Waals surface area contributed by atoms with E-state index in [0.29, 0.717) is 6.42 Å². The van der Waals surface area contributed by atoms with Gasteiger partial charge in [0.1, 0.15) is 6.23 Å². The normalized spacial score (nSPS) is 13.3. The highest BCUT2D eigenvalue weighted by atomic mass is 16.3. The van der Waals surface area contributed by atoms with Crippen LogP contribution in [0.1, 0.15) is 18.9 Å². The Kier molecular flexibility index (Phi) is 4.50. The van der Waals surface area contributed by atoms with Gasteiger partial charge in [0.25, 0.3) is 0 Å². The lowest BCUT2D eigenvalue weighted by Gasteiger charge is -2.07. The van der Waals surface area contributed by atoms with E-state index >= 15 is 0 Å². The molecule has 1 rings (SSSR count). The van der Waals surface area contributed by atoms with Crippen LogP contribution < -0.4 is 5.43 Å². The summed E-state index contributed by atoms with van der Waals surface area (Å²) in [6.45, 7) is 5.28. The fourth-order valence-corrected chi connectivity index (χ4v) is 1.08. The molecule has 4 heteroatoms. The molecule has 0 aliphatic heterocycles. The van der Waals surface area contributed by atoms with Gasteiger partial charge in [-0.15, -0.1) is 6.58 Å². The molecule has 1 aromatic heterocycles. The van der Waals surface area contributed by atoms with Crippen LogP contribution in [0.4, 0.5) is 0 Å². The zero-order valence-corrected chi connectivity index (χ0v) is 8.72. The van der Waals surface area contributed by atoms with Gasteiger partial charge in [-0.3, -0.25) is 10.4 Å². The van der Waals surface area contributed by atoms with E-state index in [4.69, 9.17) is 5.11 Å². The Bertz CT molecular complexity index is 333. The molecule has 4 nitrogen and oxygen atoms in total. The highest BCUT2D eigenvalue weighted by Crippen LogP contribution is 2.03. The van der Waals surface area contributed by atoms with Crippen molar-refractivity contribution in [3.8, 4) is 0 Å².